The molecule has 0 bridgehead atoms. The number of aryl methyl sites for hydroxylation is 2. The highest BCUT2D eigenvalue weighted by molar-refractivity contribution is 6.31. The summed E-state index contributed by atoms with van der Waals surface area (Å²) in [5, 5.41) is 0.486. The van der Waals surface area contributed by atoms with Crippen LogP contribution >= 0.6 is 11.6 Å². The van der Waals surface area contributed by atoms with Gasteiger partial charge in [-0.25, -0.2) is 9.97 Å². The van der Waals surface area contributed by atoms with E-state index in [1.165, 1.54) is 24.8 Å². The van der Waals surface area contributed by atoms with Gasteiger partial charge in [0.1, 0.15) is 5.69 Å². The molecule has 19 heavy (non-hydrogen) atoms. The number of benzene rings is 1. The van der Waals surface area contributed by atoms with Crippen molar-refractivity contribution in [3.05, 3.63) is 46.4 Å². The van der Waals surface area contributed by atoms with Crippen LogP contribution in [0, 0.1) is 13.8 Å². The zero-order valence-corrected chi connectivity index (χ0v) is 12.0. The first kappa shape index (κ1) is 12.6. The molecule has 0 amide bonds. The number of hydrogen-bond acceptors (Lipinski definition) is 2. The Bertz CT molecular complexity index is 601. The molecule has 3 heteroatoms. The SMILES string of the molecule is Cc1nc(Cl)c(-c2ccc(C3CCC3)cc2)nc1C. The predicted molar refractivity (Wildman–Crippen MR) is 78.5 cm³/mol. The lowest BCUT2D eigenvalue weighted by Gasteiger charge is -2.25. The molecule has 3 rings (SSSR count). The highest BCUT2D eigenvalue weighted by Gasteiger charge is 2.19. The topological polar surface area (TPSA) is 25.8 Å². The molecule has 0 spiro atoms. The molecule has 1 aromatic carbocycles. The van der Waals surface area contributed by atoms with Crippen LogP contribution in [0.1, 0.15) is 42.1 Å². The Morgan fingerprint density at radius 1 is 1.00 bits per heavy atom. The molecule has 1 fully saturated rings. The number of hydrogen-bond donors (Lipinski definition) is 0. The van der Waals surface area contributed by atoms with Crippen LogP contribution in [0.15, 0.2) is 24.3 Å². The van der Waals surface area contributed by atoms with E-state index in [0.29, 0.717) is 5.15 Å². The van der Waals surface area contributed by atoms with Crippen LogP contribution in [-0.2, 0) is 0 Å². The van der Waals surface area contributed by atoms with E-state index in [2.05, 4.69) is 34.2 Å². The summed E-state index contributed by atoms with van der Waals surface area (Å²) in [5.41, 5.74) is 5.08. The Hall–Kier alpha value is -1.41. The minimum atomic E-state index is 0.486. The van der Waals surface area contributed by atoms with Crippen molar-refractivity contribution in [2.75, 3.05) is 0 Å². The van der Waals surface area contributed by atoms with E-state index in [4.69, 9.17) is 11.6 Å². The number of halogens is 1. The van der Waals surface area contributed by atoms with Crippen molar-refractivity contribution < 1.29 is 0 Å². The second kappa shape index (κ2) is 4.93. The summed E-state index contributed by atoms with van der Waals surface area (Å²) in [6.07, 6.45) is 4.01. The molecule has 1 aliphatic rings. The Balaban J connectivity index is 1.95. The molecule has 2 nitrogen and oxygen atoms in total. The maximum absolute atomic E-state index is 6.20. The second-order valence-corrected chi connectivity index (χ2v) is 5.64. The predicted octanol–water partition coefficient (Wildman–Crippen LogP) is 4.68. The Morgan fingerprint density at radius 3 is 2.21 bits per heavy atom. The molecule has 0 N–H and O–H groups in total. The fourth-order valence-corrected chi connectivity index (χ4v) is 2.69. The Morgan fingerprint density at radius 2 is 1.63 bits per heavy atom. The summed E-state index contributed by atoms with van der Waals surface area (Å²) >= 11 is 6.20. The van der Waals surface area contributed by atoms with Gasteiger partial charge in [0.15, 0.2) is 5.15 Å². The molecule has 2 aromatic rings. The van der Waals surface area contributed by atoms with Crippen LogP contribution in [-0.4, -0.2) is 9.97 Å². The summed E-state index contributed by atoms with van der Waals surface area (Å²) in [6, 6.07) is 8.62. The fraction of sp³-hybridized carbons (Fsp3) is 0.375. The largest absolute Gasteiger partial charge is 0.248 e. The Kier molecular flexibility index (Phi) is 3.28. The van der Waals surface area contributed by atoms with Crippen LogP contribution in [0.4, 0.5) is 0 Å². The lowest BCUT2D eigenvalue weighted by atomic mass is 9.80. The van der Waals surface area contributed by atoms with E-state index < -0.39 is 0 Å². The van der Waals surface area contributed by atoms with Crippen molar-refractivity contribution in [3.8, 4) is 11.3 Å². The van der Waals surface area contributed by atoms with Gasteiger partial charge < -0.3 is 0 Å². The third-order valence-electron chi connectivity index (χ3n) is 4.03. The zero-order chi connectivity index (χ0) is 13.4. The first-order chi connectivity index (χ1) is 9.15. The average molecular weight is 273 g/mol. The van der Waals surface area contributed by atoms with E-state index in [0.717, 1.165) is 28.6 Å². The molecule has 0 unspecified atom stereocenters. The van der Waals surface area contributed by atoms with Gasteiger partial charge in [-0.05, 0) is 38.2 Å². The van der Waals surface area contributed by atoms with Gasteiger partial charge in [0.05, 0.1) is 11.4 Å². The van der Waals surface area contributed by atoms with Crippen LogP contribution in [0.25, 0.3) is 11.3 Å². The van der Waals surface area contributed by atoms with Crippen LogP contribution in [0.3, 0.4) is 0 Å². The van der Waals surface area contributed by atoms with Crippen molar-refractivity contribution in [1.29, 1.82) is 0 Å². The van der Waals surface area contributed by atoms with E-state index in [-0.39, 0.29) is 0 Å². The molecule has 0 saturated heterocycles. The van der Waals surface area contributed by atoms with E-state index in [9.17, 15) is 0 Å². The van der Waals surface area contributed by atoms with Gasteiger partial charge in [-0.2, -0.15) is 0 Å². The molecule has 0 atom stereocenters. The molecular formula is C16H17ClN2. The van der Waals surface area contributed by atoms with Crippen molar-refractivity contribution in [1.82, 2.24) is 9.97 Å². The van der Waals surface area contributed by atoms with Crippen molar-refractivity contribution in [2.24, 2.45) is 0 Å². The van der Waals surface area contributed by atoms with Crippen molar-refractivity contribution >= 4 is 11.6 Å². The first-order valence-electron chi connectivity index (χ1n) is 6.76. The molecule has 0 radical (unpaired) electrons. The van der Waals surface area contributed by atoms with E-state index >= 15 is 0 Å². The summed E-state index contributed by atoms with van der Waals surface area (Å²) in [5.74, 6) is 0.760. The standard InChI is InChI=1S/C16H17ClN2/c1-10-11(2)19-16(17)15(18-10)14-8-6-13(7-9-14)12-4-3-5-12/h6-9,12H,3-5H2,1-2H3. The molecule has 1 heterocycles. The van der Waals surface area contributed by atoms with Gasteiger partial charge in [0.25, 0.3) is 0 Å². The van der Waals surface area contributed by atoms with Gasteiger partial charge >= 0.3 is 0 Å². The summed E-state index contributed by atoms with van der Waals surface area (Å²) in [6.45, 7) is 3.89. The molecule has 1 saturated carbocycles. The van der Waals surface area contributed by atoms with Gasteiger partial charge in [-0.15, -0.1) is 0 Å². The lowest BCUT2D eigenvalue weighted by Crippen LogP contribution is -2.08. The van der Waals surface area contributed by atoms with Crippen LogP contribution < -0.4 is 0 Å². The molecule has 98 valence electrons. The Labute approximate surface area is 118 Å². The van der Waals surface area contributed by atoms with Gasteiger partial charge in [0.2, 0.25) is 0 Å². The summed E-state index contributed by atoms with van der Waals surface area (Å²) < 4.78 is 0. The van der Waals surface area contributed by atoms with Gasteiger partial charge in [0, 0.05) is 5.56 Å². The van der Waals surface area contributed by atoms with Crippen LogP contribution in [0.2, 0.25) is 5.15 Å². The number of rotatable bonds is 2. The molecular weight excluding hydrogens is 256 g/mol. The minimum Gasteiger partial charge on any atom is -0.248 e. The number of aromatic nitrogens is 2. The lowest BCUT2D eigenvalue weighted by molar-refractivity contribution is 0.420. The quantitative estimate of drug-likeness (QED) is 0.793. The molecule has 1 aromatic heterocycles. The zero-order valence-electron chi connectivity index (χ0n) is 11.3. The summed E-state index contributed by atoms with van der Waals surface area (Å²) in [4.78, 5) is 8.89. The normalized spacial score (nSPS) is 15.3. The fourth-order valence-electron chi connectivity index (χ4n) is 2.41. The average Bonchev–Trinajstić information content (AvgIpc) is 2.33. The first-order valence-corrected chi connectivity index (χ1v) is 7.14. The third kappa shape index (κ3) is 2.37. The summed E-state index contributed by atoms with van der Waals surface area (Å²) in [7, 11) is 0. The minimum absolute atomic E-state index is 0.486. The molecule has 0 aliphatic heterocycles. The van der Waals surface area contributed by atoms with Crippen LogP contribution in [0.5, 0.6) is 0 Å². The van der Waals surface area contributed by atoms with Crippen molar-refractivity contribution in [3.63, 3.8) is 0 Å². The van der Waals surface area contributed by atoms with Crippen molar-refractivity contribution in [2.45, 2.75) is 39.0 Å². The molecule has 1 aliphatic carbocycles. The van der Waals surface area contributed by atoms with E-state index in [1.807, 2.05) is 13.8 Å². The van der Waals surface area contributed by atoms with Gasteiger partial charge in [-0.1, -0.05) is 42.3 Å². The smallest absolute Gasteiger partial charge is 0.155 e. The van der Waals surface area contributed by atoms with E-state index in [1.54, 1.807) is 0 Å². The maximum Gasteiger partial charge on any atom is 0.155 e. The maximum atomic E-state index is 6.20. The highest BCUT2D eigenvalue weighted by atomic mass is 35.5. The monoisotopic (exact) mass is 272 g/mol. The third-order valence-corrected chi connectivity index (χ3v) is 4.29. The van der Waals surface area contributed by atoms with Gasteiger partial charge in [-0.3, -0.25) is 0 Å². The number of nitrogens with zero attached hydrogens (tertiary/aromatic N) is 2. The second-order valence-electron chi connectivity index (χ2n) is 5.28. The highest BCUT2D eigenvalue weighted by Crippen LogP contribution is 2.37.